The zero-order chi connectivity index (χ0) is 23.3. The summed E-state index contributed by atoms with van der Waals surface area (Å²) in [5.74, 6) is -0.752. The number of nitrogens with zero attached hydrogens (tertiary/aromatic N) is 2. The van der Waals surface area contributed by atoms with E-state index in [0.717, 1.165) is 5.56 Å². The first-order valence-corrected chi connectivity index (χ1v) is 12.6. The van der Waals surface area contributed by atoms with Crippen LogP contribution >= 0.6 is 11.6 Å². The van der Waals surface area contributed by atoms with E-state index >= 15 is 0 Å². The van der Waals surface area contributed by atoms with Gasteiger partial charge in [-0.2, -0.15) is 0 Å². The molecule has 0 bridgehead atoms. The first kappa shape index (κ1) is 24.2. The summed E-state index contributed by atoms with van der Waals surface area (Å²) >= 11 is 5.99. The molecule has 2 aromatic rings. The van der Waals surface area contributed by atoms with Gasteiger partial charge in [0.1, 0.15) is 6.04 Å². The molecule has 1 amide bonds. The highest BCUT2D eigenvalue weighted by atomic mass is 35.5. The van der Waals surface area contributed by atoms with Crippen LogP contribution in [0.3, 0.4) is 0 Å². The van der Waals surface area contributed by atoms with Crippen LogP contribution in [0.4, 0.5) is 0 Å². The smallest absolute Gasteiger partial charge is 0.328 e. The van der Waals surface area contributed by atoms with Gasteiger partial charge in [-0.3, -0.25) is 9.69 Å². The van der Waals surface area contributed by atoms with E-state index in [-0.39, 0.29) is 34.7 Å². The van der Waals surface area contributed by atoms with Crippen LogP contribution in [-0.2, 0) is 19.4 Å². The molecule has 1 fully saturated rings. The standard InChI is InChI=1S/C23H27ClN2O5S/c1-3-31-23(28)21(17-9-11-18(24)12-10-17)25-13-15-26(16-14-25)22(27)19-7-5-6-8-20(19)32(29,30)4-2/h5-12,21H,3-4,13-16H2,1-2H3. The maximum atomic E-state index is 13.1. The van der Waals surface area contributed by atoms with Gasteiger partial charge in [-0.1, -0.05) is 42.8 Å². The molecule has 9 heteroatoms. The number of rotatable bonds is 7. The molecule has 0 aromatic heterocycles. The van der Waals surface area contributed by atoms with Crippen molar-refractivity contribution in [1.29, 1.82) is 0 Å². The van der Waals surface area contributed by atoms with Crippen molar-refractivity contribution < 1.29 is 22.7 Å². The monoisotopic (exact) mass is 478 g/mol. The zero-order valence-electron chi connectivity index (χ0n) is 18.2. The summed E-state index contributed by atoms with van der Waals surface area (Å²) in [6.45, 7) is 5.20. The van der Waals surface area contributed by atoms with Gasteiger partial charge in [0.25, 0.3) is 5.91 Å². The molecule has 0 radical (unpaired) electrons. The number of carbonyl (C=O) groups excluding carboxylic acids is 2. The molecule has 0 spiro atoms. The van der Waals surface area contributed by atoms with Gasteiger partial charge in [0.05, 0.1) is 22.8 Å². The summed E-state index contributed by atoms with van der Waals surface area (Å²) in [5, 5.41) is 0.576. The Morgan fingerprint density at radius 3 is 2.22 bits per heavy atom. The molecule has 1 unspecified atom stereocenters. The molecule has 1 aliphatic heterocycles. The van der Waals surface area contributed by atoms with Crippen LogP contribution in [0, 0.1) is 0 Å². The molecule has 1 atom stereocenters. The van der Waals surface area contributed by atoms with Crippen LogP contribution in [0.15, 0.2) is 53.4 Å². The molecule has 1 saturated heterocycles. The molecule has 7 nitrogen and oxygen atoms in total. The van der Waals surface area contributed by atoms with Gasteiger partial charge in [0.2, 0.25) is 0 Å². The van der Waals surface area contributed by atoms with Crippen molar-refractivity contribution in [2.24, 2.45) is 0 Å². The van der Waals surface area contributed by atoms with Crippen LogP contribution in [-0.4, -0.2) is 68.6 Å². The van der Waals surface area contributed by atoms with E-state index in [2.05, 4.69) is 0 Å². The fraction of sp³-hybridized carbons (Fsp3) is 0.391. The number of hydrogen-bond donors (Lipinski definition) is 0. The third kappa shape index (κ3) is 5.31. The quantitative estimate of drug-likeness (QED) is 0.568. The number of esters is 1. The number of amides is 1. The lowest BCUT2D eigenvalue weighted by Crippen LogP contribution is -2.51. The Kier molecular flexibility index (Phi) is 7.92. The minimum Gasteiger partial charge on any atom is -0.465 e. The number of halogens is 1. The van der Waals surface area contributed by atoms with Crippen molar-refractivity contribution in [3.05, 3.63) is 64.7 Å². The second-order valence-corrected chi connectivity index (χ2v) is 10.1. The zero-order valence-corrected chi connectivity index (χ0v) is 19.7. The van der Waals surface area contributed by atoms with E-state index in [0.29, 0.717) is 31.2 Å². The van der Waals surface area contributed by atoms with Gasteiger partial charge in [-0.25, -0.2) is 13.2 Å². The number of carbonyl (C=O) groups is 2. The molecule has 0 saturated carbocycles. The third-order valence-electron chi connectivity index (χ3n) is 5.49. The Morgan fingerprint density at radius 2 is 1.62 bits per heavy atom. The Morgan fingerprint density at radius 1 is 1.00 bits per heavy atom. The number of benzene rings is 2. The van der Waals surface area contributed by atoms with Crippen molar-refractivity contribution >= 4 is 33.3 Å². The largest absolute Gasteiger partial charge is 0.465 e. The maximum absolute atomic E-state index is 13.1. The molecule has 32 heavy (non-hydrogen) atoms. The van der Waals surface area contributed by atoms with Crippen LogP contribution < -0.4 is 0 Å². The van der Waals surface area contributed by atoms with E-state index < -0.39 is 15.9 Å². The van der Waals surface area contributed by atoms with E-state index in [1.54, 1.807) is 61.2 Å². The average molecular weight is 479 g/mol. The SMILES string of the molecule is CCOC(=O)C(c1ccc(Cl)cc1)N1CCN(C(=O)c2ccccc2S(=O)(=O)CC)CC1. The highest BCUT2D eigenvalue weighted by molar-refractivity contribution is 7.91. The van der Waals surface area contributed by atoms with Crippen LogP contribution in [0.1, 0.15) is 35.8 Å². The van der Waals surface area contributed by atoms with E-state index in [1.807, 2.05) is 4.90 Å². The number of ether oxygens (including phenoxy) is 1. The van der Waals surface area contributed by atoms with Crippen LogP contribution in [0.25, 0.3) is 0 Å². The minimum absolute atomic E-state index is 0.0560. The molecule has 172 valence electrons. The molecule has 1 heterocycles. The van der Waals surface area contributed by atoms with Crippen molar-refractivity contribution in [2.75, 3.05) is 38.5 Å². The average Bonchev–Trinajstić information content (AvgIpc) is 2.80. The number of sulfone groups is 1. The lowest BCUT2D eigenvalue weighted by atomic mass is 10.0. The molecule has 0 N–H and O–H groups in total. The van der Waals surface area contributed by atoms with Gasteiger partial charge in [-0.15, -0.1) is 0 Å². The predicted molar refractivity (Wildman–Crippen MR) is 122 cm³/mol. The van der Waals surface area contributed by atoms with Crippen LogP contribution in [0.2, 0.25) is 5.02 Å². The van der Waals surface area contributed by atoms with E-state index in [4.69, 9.17) is 16.3 Å². The number of hydrogen-bond acceptors (Lipinski definition) is 6. The topological polar surface area (TPSA) is 84.0 Å². The molecule has 0 aliphatic carbocycles. The molecule has 2 aromatic carbocycles. The summed E-state index contributed by atoms with van der Waals surface area (Å²) in [5.41, 5.74) is 0.953. The third-order valence-corrected chi connectivity index (χ3v) is 7.53. The maximum Gasteiger partial charge on any atom is 0.328 e. The van der Waals surface area contributed by atoms with Crippen molar-refractivity contribution in [1.82, 2.24) is 9.80 Å². The van der Waals surface area contributed by atoms with Gasteiger partial charge < -0.3 is 9.64 Å². The Bertz CT molecular complexity index is 1060. The van der Waals surface area contributed by atoms with E-state index in [9.17, 15) is 18.0 Å². The molecular formula is C23H27ClN2O5S. The van der Waals surface area contributed by atoms with Gasteiger partial charge in [-0.05, 0) is 36.8 Å². The second-order valence-electron chi connectivity index (χ2n) is 7.43. The van der Waals surface area contributed by atoms with Crippen molar-refractivity contribution in [3.8, 4) is 0 Å². The van der Waals surface area contributed by atoms with Gasteiger partial charge >= 0.3 is 5.97 Å². The summed E-state index contributed by atoms with van der Waals surface area (Å²) in [6, 6.07) is 12.8. The highest BCUT2D eigenvalue weighted by Crippen LogP contribution is 2.26. The van der Waals surface area contributed by atoms with Crippen molar-refractivity contribution in [3.63, 3.8) is 0 Å². The fourth-order valence-corrected chi connectivity index (χ4v) is 5.00. The molecular weight excluding hydrogens is 452 g/mol. The summed E-state index contributed by atoms with van der Waals surface area (Å²) in [7, 11) is -3.52. The lowest BCUT2D eigenvalue weighted by molar-refractivity contribution is -0.150. The Balaban J connectivity index is 1.78. The summed E-state index contributed by atoms with van der Waals surface area (Å²) in [4.78, 5) is 29.5. The predicted octanol–water partition coefficient (Wildman–Crippen LogP) is 3.20. The Hall–Kier alpha value is -2.42. The first-order chi connectivity index (χ1) is 15.3. The van der Waals surface area contributed by atoms with Gasteiger partial charge in [0.15, 0.2) is 9.84 Å². The molecule has 3 rings (SSSR count). The van der Waals surface area contributed by atoms with Gasteiger partial charge in [0, 0.05) is 31.2 Å². The second kappa shape index (κ2) is 10.5. The first-order valence-electron chi connectivity index (χ1n) is 10.6. The normalized spacial score (nSPS) is 15.9. The highest BCUT2D eigenvalue weighted by Gasteiger charge is 2.33. The summed E-state index contributed by atoms with van der Waals surface area (Å²) in [6.07, 6.45) is 0. The fourth-order valence-electron chi connectivity index (χ4n) is 3.79. The summed E-state index contributed by atoms with van der Waals surface area (Å²) < 4.78 is 30.1. The number of piperazine rings is 1. The minimum atomic E-state index is -3.52. The van der Waals surface area contributed by atoms with E-state index in [1.165, 1.54) is 6.07 Å². The van der Waals surface area contributed by atoms with Crippen molar-refractivity contribution in [2.45, 2.75) is 24.8 Å². The Labute approximate surface area is 193 Å². The molecule has 1 aliphatic rings. The van der Waals surface area contributed by atoms with Crippen LogP contribution in [0.5, 0.6) is 0 Å². The lowest BCUT2D eigenvalue weighted by Gasteiger charge is -2.38.